The van der Waals surface area contributed by atoms with Gasteiger partial charge in [0, 0.05) is 21.5 Å². The first-order valence-corrected chi connectivity index (χ1v) is 18.3. The summed E-state index contributed by atoms with van der Waals surface area (Å²) in [6.07, 6.45) is 3.44. The van der Waals surface area contributed by atoms with Gasteiger partial charge in [-0.1, -0.05) is 55.7 Å². The number of rotatable bonds is 24. The Hall–Kier alpha value is -3.05. The van der Waals surface area contributed by atoms with E-state index in [4.69, 9.17) is 48.5 Å². The molecule has 1 heterocycles. The number of hydrogen-bond donors (Lipinski definition) is 3. The maximum atomic E-state index is 12.6. The van der Waals surface area contributed by atoms with Crippen molar-refractivity contribution in [1.82, 2.24) is 4.98 Å². The van der Waals surface area contributed by atoms with Gasteiger partial charge in [-0.3, -0.25) is 24.2 Å². The van der Waals surface area contributed by atoms with Gasteiger partial charge in [-0.25, -0.2) is 0 Å². The lowest BCUT2D eigenvalue weighted by atomic mass is 9.95. The number of carbonyl (C=O) groups is 4. The minimum Gasteiger partial charge on any atom is -0.463 e. The minimum atomic E-state index is -3.30. The minimum absolute atomic E-state index is 0.137. The van der Waals surface area contributed by atoms with Crippen LogP contribution in [-0.2, 0) is 71.8 Å². The van der Waals surface area contributed by atoms with Crippen LogP contribution in [0.2, 0.25) is 0 Å². The molecule has 6 atom stereocenters. The van der Waals surface area contributed by atoms with E-state index >= 15 is 0 Å². The van der Waals surface area contributed by atoms with Crippen molar-refractivity contribution in [3.63, 3.8) is 0 Å². The predicted molar refractivity (Wildman–Crippen MR) is 179 cm³/mol. The Labute approximate surface area is 299 Å². The summed E-state index contributed by atoms with van der Waals surface area (Å²) in [6, 6.07) is 1.26. The summed E-state index contributed by atoms with van der Waals surface area (Å²) in [5.41, 5.74) is 9.30. The smallest absolute Gasteiger partial charge is 0.463 e. The van der Waals surface area contributed by atoms with E-state index in [0.717, 1.165) is 0 Å². The Kier molecular flexibility index (Phi) is 19.4. The summed E-state index contributed by atoms with van der Waals surface area (Å²) >= 11 is 0. The quantitative estimate of drug-likeness (QED) is 0.0588. The van der Waals surface area contributed by atoms with Gasteiger partial charge in [-0.2, -0.15) is 0 Å². The summed E-state index contributed by atoms with van der Waals surface area (Å²) in [7, 11) is -6.60. The molecule has 1 aromatic heterocycles. The molecule has 0 bridgehead atoms. The number of hydrogen-bond acceptors (Lipinski definition) is 18. The van der Waals surface area contributed by atoms with Crippen molar-refractivity contribution in [3.05, 3.63) is 30.1 Å². The summed E-state index contributed by atoms with van der Waals surface area (Å²) < 4.78 is 65.1. The van der Waals surface area contributed by atoms with Crippen molar-refractivity contribution in [3.8, 4) is 0 Å². The van der Waals surface area contributed by atoms with Crippen LogP contribution < -0.4 is 11.5 Å². The molecule has 0 aliphatic heterocycles. The Morgan fingerprint density at radius 1 is 0.784 bits per heavy atom. The Balaban J connectivity index is 2.74. The molecule has 0 aliphatic carbocycles. The maximum absolute atomic E-state index is 12.6. The third-order valence-electron chi connectivity index (χ3n) is 7.59. The number of nitrogens with zero attached hydrogens (tertiary/aromatic N) is 1. The summed E-state index contributed by atoms with van der Waals surface area (Å²) in [5, 5.41) is 11.0. The third-order valence-corrected chi connectivity index (χ3v) is 9.10. The van der Waals surface area contributed by atoms with Gasteiger partial charge in [0.2, 0.25) is 13.6 Å². The first-order valence-electron chi connectivity index (χ1n) is 16.1. The van der Waals surface area contributed by atoms with Crippen LogP contribution in [0.25, 0.3) is 0 Å². The van der Waals surface area contributed by atoms with Crippen LogP contribution in [0.5, 0.6) is 0 Å². The lowest BCUT2D eigenvalue weighted by Gasteiger charge is -2.23. The zero-order valence-corrected chi connectivity index (χ0v) is 32.0. The molecule has 0 spiro atoms. The molecule has 0 fully saturated rings. The fourth-order valence-corrected chi connectivity index (χ4v) is 4.66. The first-order chi connectivity index (χ1) is 23.7. The molecule has 20 heteroatoms. The molecule has 1 aromatic rings. The largest absolute Gasteiger partial charge is 0.706 e. The highest BCUT2D eigenvalue weighted by molar-refractivity contribution is 7.34. The normalized spacial score (nSPS) is 16.1. The zero-order chi connectivity index (χ0) is 39.0. The van der Waals surface area contributed by atoms with E-state index in [-0.39, 0.29) is 30.6 Å². The number of pyridine rings is 1. The summed E-state index contributed by atoms with van der Waals surface area (Å²) in [6.45, 7) is 10.5. The van der Waals surface area contributed by atoms with Crippen molar-refractivity contribution in [2.24, 2.45) is 34.1 Å². The van der Waals surface area contributed by atoms with Gasteiger partial charge < -0.3 is 35.5 Å². The van der Waals surface area contributed by atoms with Crippen LogP contribution in [0.1, 0.15) is 73.8 Å². The molecule has 51 heavy (non-hydrogen) atoms. The van der Waals surface area contributed by atoms with E-state index in [0.29, 0.717) is 12.8 Å². The Bertz CT molecular complexity index is 1260. The molecule has 288 valence electrons. The van der Waals surface area contributed by atoms with Crippen molar-refractivity contribution in [2.75, 3.05) is 26.8 Å². The van der Waals surface area contributed by atoms with Crippen LogP contribution in [0.15, 0.2) is 24.5 Å². The zero-order valence-electron chi connectivity index (χ0n) is 30.2. The van der Waals surface area contributed by atoms with E-state index in [2.05, 4.69) is 4.98 Å². The highest BCUT2D eigenvalue weighted by atomic mass is 31.1. The third kappa shape index (κ3) is 16.4. The number of ether oxygens (including phenoxy) is 4. The van der Waals surface area contributed by atoms with Gasteiger partial charge in [-0.05, 0) is 60.2 Å². The highest BCUT2D eigenvalue weighted by Gasteiger charge is 2.51. The molecule has 1 rings (SSSR count). The van der Waals surface area contributed by atoms with Crippen molar-refractivity contribution < 1.29 is 70.5 Å². The van der Waals surface area contributed by atoms with E-state index in [1.54, 1.807) is 13.8 Å². The van der Waals surface area contributed by atoms with Gasteiger partial charge in [0.05, 0.1) is 17.3 Å². The van der Waals surface area contributed by atoms with Crippen molar-refractivity contribution in [2.45, 2.75) is 92.7 Å². The Morgan fingerprint density at radius 3 is 1.55 bits per heavy atom. The van der Waals surface area contributed by atoms with Gasteiger partial charge >= 0.3 is 46.4 Å². The maximum Gasteiger partial charge on any atom is 0.706 e. The van der Waals surface area contributed by atoms with Crippen LogP contribution in [-0.4, -0.2) is 78.8 Å². The van der Waals surface area contributed by atoms with Crippen LogP contribution in [0.4, 0.5) is 0 Å². The average molecular weight is 768 g/mol. The Morgan fingerprint density at radius 2 is 1.20 bits per heavy atom. The summed E-state index contributed by atoms with van der Waals surface area (Å²) in [4.78, 5) is 53.4. The van der Waals surface area contributed by atoms with Gasteiger partial charge in [0.15, 0.2) is 0 Å². The van der Waals surface area contributed by atoms with E-state index in [1.807, 2.05) is 13.8 Å². The number of aliphatic hydroxyl groups is 1. The fourth-order valence-electron chi connectivity index (χ4n) is 3.55. The SMILES string of the molecule is CC[C@H](C)[C@H](N)C(=O)OCC(C)(C)C(=O)OCO[P+](=O)OC(O)(Cc1cccnc1)O[P+](=O)OCOC(=O)C(C)(C)COC(=O)[C@@H](N)[C@@H](C)CC. The van der Waals surface area contributed by atoms with E-state index in [1.165, 1.54) is 52.2 Å². The second-order valence-electron chi connectivity index (χ2n) is 13.0. The first kappa shape index (κ1) is 46.0. The molecule has 5 N–H and O–H groups in total. The van der Waals surface area contributed by atoms with Crippen molar-refractivity contribution >= 4 is 40.4 Å². The number of carbonyl (C=O) groups excluding carboxylic acids is 4. The second kappa shape index (κ2) is 21.5. The molecular weight excluding hydrogens is 716 g/mol. The summed E-state index contributed by atoms with van der Waals surface area (Å²) in [5.74, 6) is -6.34. The monoisotopic (exact) mass is 767 g/mol. The molecule has 0 saturated heterocycles. The van der Waals surface area contributed by atoms with Gasteiger partial charge in [-0.15, -0.1) is 0 Å². The fraction of sp³-hybridized carbons (Fsp3) is 0.710. The topological polar surface area (TPSA) is 261 Å². The second-order valence-corrected chi connectivity index (χ2v) is 14.8. The number of nitrogens with two attached hydrogens (primary N) is 2. The van der Waals surface area contributed by atoms with Crippen molar-refractivity contribution in [1.29, 1.82) is 0 Å². The molecule has 0 aromatic carbocycles. The highest BCUT2D eigenvalue weighted by Crippen LogP contribution is 2.40. The lowest BCUT2D eigenvalue weighted by molar-refractivity contribution is -0.274. The molecule has 0 saturated carbocycles. The van der Waals surface area contributed by atoms with Crippen LogP contribution >= 0.6 is 16.5 Å². The number of aromatic nitrogens is 1. The average Bonchev–Trinajstić information content (AvgIpc) is 3.07. The molecule has 18 nitrogen and oxygen atoms in total. The standard InChI is InChI=1S/C31H51N3O15P2/c1-9-20(3)23(32)25(35)42-16-29(5,6)27(37)44-18-46-50(40)48-31(39,14-22-12-11-13-34-15-22)49-51(41)47-19-45-28(38)30(7,8)17-43-26(36)24(33)21(4)10-2/h11-13,15,20-21,23-24,39H,9-10,14,16-19,32-33H2,1-8H3/q+2/t20-,21-,23-,24-/m0/s1. The van der Waals surface area contributed by atoms with Gasteiger partial charge in [0.25, 0.3) is 0 Å². The molecule has 0 radical (unpaired) electrons. The lowest BCUT2D eigenvalue weighted by Crippen LogP contribution is -2.41. The van der Waals surface area contributed by atoms with Crippen LogP contribution in [0, 0.1) is 22.7 Å². The molecule has 2 unspecified atom stereocenters. The van der Waals surface area contributed by atoms with E-state index in [9.17, 15) is 33.4 Å². The molecular formula is C31H51N3O15P2+2. The number of esters is 4. The van der Waals surface area contributed by atoms with E-state index < -0.39 is 89.3 Å². The van der Waals surface area contributed by atoms with Gasteiger partial charge in [0.1, 0.15) is 25.3 Å². The molecule has 0 aliphatic rings. The van der Waals surface area contributed by atoms with Crippen LogP contribution in [0.3, 0.4) is 0 Å². The molecule has 0 amide bonds. The predicted octanol–water partition coefficient (Wildman–Crippen LogP) is 3.54.